The topological polar surface area (TPSA) is 55.6 Å². The zero-order valence-electron chi connectivity index (χ0n) is 11.4. The predicted octanol–water partition coefficient (Wildman–Crippen LogP) is 1.78. The average Bonchev–Trinajstić information content (AvgIpc) is 2.42. The van der Waals surface area contributed by atoms with E-state index >= 15 is 0 Å². The van der Waals surface area contributed by atoms with Crippen LogP contribution in [0.25, 0.3) is 0 Å². The number of amides is 1. The van der Waals surface area contributed by atoms with Crippen molar-refractivity contribution in [2.45, 2.75) is 25.2 Å². The molecule has 4 nitrogen and oxygen atoms in total. The number of hydrogen-bond acceptors (Lipinski definition) is 3. The van der Waals surface area contributed by atoms with Gasteiger partial charge in [0.05, 0.1) is 18.2 Å². The number of alkyl halides is 3. The summed E-state index contributed by atoms with van der Waals surface area (Å²) in [6, 6.07) is 5.01. The number of nitrogens with two attached hydrogens (primary N) is 1. The lowest BCUT2D eigenvalue weighted by Crippen LogP contribution is -2.49. The Morgan fingerprint density at radius 2 is 2.05 bits per heavy atom. The van der Waals surface area contributed by atoms with Crippen LogP contribution in [0.2, 0.25) is 0 Å². The van der Waals surface area contributed by atoms with Gasteiger partial charge < -0.3 is 15.4 Å². The van der Waals surface area contributed by atoms with Gasteiger partial charge in [0.2, 0.25) is 5.91 Å². The fraction of sp³-hybridized carbons (Fsp3) is 0.500. The van der Waals surface area contributed by atoms with E-state index in [-0.39, 0.29) is 30.7 Å². The normalized spacial score (nSPS) is 19.9. The fourth-order valence-electron chi connectivity index (χ4n) is 2.43. The molecule has 116 valence electrons. The number of ether oxygens (including phenoxy) is 1. The van der Waals surface area contributed by atoms with Crippen LogP contribution in [-0.4, -0.2) is 36.6 Å². The highest BCUT2D eigenvalue weighted by Crippen LogP contribution is 2.32. The Bertz CT molecular complexity index is 503. The van der Waals surface area contributed by atoms with Crippen molar-refractivity contribution in [1.29, 1.82) is 0 Å². The summed E-state index contributed by atoms with van der Waals surface area (Å²) in [5, 5.41) is 0. The third kappa shape index (κ3) is 3.74. The van der Waals surface area contributed by atoms with Crippen LogP contribution in [0.1, 0.15) is 17.5 Å². The van der Waals surface area contributed by atoms with Gasteiger partial charge in [0.15, 0.2) is 0 Å². The van der Waals surface area contributed by atoms with Crippen LogP contribution in [-0.2, 0) is 22.3 Å². The number of nitrogens with zero attached hydrogens (tertiary/aromatic N) is 1. The molecular formula is C14H17F3N2O2. The van der Waals surface area contributed by atoms with Gasteiger partial charge in [-0.15, -0.1) is 0 Å². The third-order valence-electron chi connectivity index (χ3n) is 3.46. The number of morpholine rings is 1. The molecule has 1 fully saturated rings. The van der Waals surface area contributed by atoms with E-state index in [2.05, 4.69) is 0 Å². The van der Waals surface area contributed by atoms with Crippen LogP contribution < -0.4 is 5.73 Å². The predicted molar refractivity (Wildman–Crippen MR) is 70.3 cm³/mol. The summed E-state index contributed by atoms with van der Waals surface area (Å²) < 4.78 is 44.1. The van der Waals surface area contributed by atoms with Gasteiger partial charge >= 0.3 is 6.18 Å². The lowest BCUT2D eigenvalue weighted by atomic mass is 10.0. The molecule has 0 aliphatic carbocycles. The Morgan fingerprint density at radius 3 is 2.71 bits per heavy atom. The van der Waals surface area contributed by atoms with Crippen LogP contribution in [0, 0.1) is 0 Å². The first kappa shape index (κ1) is 15.8. The molecule has 1 unspecified atom stereocenters. The summed E-state index contributed by atoms with van der Waals surface area (Å²) >= 11 is 0. The zero-order chi connectivity index (χ0) is 15.5. The van der Waals surface area contributed by atoms with Crippen molar-refractivity contribution >= 4 is 5.91 Å². The second kappa shape index (κ2) is 6.44. The number of rotatable bonds is 4. The Kier molecular flexibility index (Phi) is 4.84. The lowest BCUT2D eigenvalue weighted by Gasteiger charge is -2.36. The van der Waals surface area contributed by atoms with E-state index in [4.69, 9.17) is 10.5 Å². The molecule has 1 aliphatic rings. The van der Waals surface area contributed by atoms with Crippen molar-refractivity contribution in [3.63, 3.8) is 0 Å². The smallest absolute Gasteiger partial charge is 0.369 e. The maximum absolute atomic E-state index is 13.0. The maximum Gasteiger partial charge on any atom is 0.416 e. The minimum absolute atomic E-state index is 0.0808. The summed E-state index contributed by atoms with van der Waals surface area (Å²) in [5.74, 6) is -0.309. The number of halogens is 3. The quantitative estimate of drug-likeness (QED) is 0.922. The minimum atomic E-state index is -4.44. The van der Waals surface area contributed by atoms with E-state index < -0.39 is 11.7 Å². The third-order valence-corrected chi connectivity index (χ3v) is 3.46. The van der Waals surface area contributed by atoms with Gasteiger partial charge in [0.25, 0.3) is 0 Å². The molecule has 1 aliphatic heterocycles. The van der Waals surface area contributed by atoms with Gasteiger partial charge in [0, 0.05) is 6.54 Å². The molecule has 1 heterocycles. The van der Waals surface area contributed by atoms with E-state index in [9.17, 15) is 18.0 Å². The van der Waals surface area contributed by atoms with Crippen LogP contribution in [0.5, 0.6) is 0 Å². The molecule has 2 N–H and O–H groups in total. The van der Waals surface area contributed by atoms with Crippen molar-refractivity contribution in [3.05, 3.63) is 35.4 Å². The van der Waals surface area contributed by atoms with Crippen molar-refractivity contribution in [3.8, 4) is 0 Å². The summed E-state index contributed by atoms with van der Waals surface area (Å²) in [6.07, 6.45) is -3.94. The summed E-state index contributed by atoms with van der Waals surface area (Å²) in [5.41, 5.74) is 4.86. The van der Waals surface area contributed by atoms with Gasteiger partial charge in [0.1, 0.15) is 6.61 Å². The molecule has 1 atom stereocenters. The van der Waals surface area contributed by atoms with Crippen molar-refractivity contribution in [2.75, 3.05) is 19.8 Å². The first-order valence-electron chi connectivity index (χ1n) is 6.66. The minimum Gasteiger partial charge on any atom is -0.369 e. The molecule has 21 heavy (non-hydrogen) atoms. The summed E-state index contributed by atoms with van der Waals surface area (Å²) in [7, 11) is 0. The highest BCUT2D eigenvalue weighted by Gasteiger charge is 2.35. The number of carbonyl (C=O) groups is 1. The van der Waals surface area contributed by atoms with Gasteiger partial charge in [-0.3, -0.25) is 4.79 Å². The molecule has 0 aromatic heterocycles. The van der Waals surface area contributed by atoms with Crippen LogP contribution in [0.15, 0.2) is 24.3 Å². The molecular weight excluding hydrogens is 285 g/mol. The first-order valence-corrected chi connectivity index (χ1v) is 6.66. The second-order valence-electron chi connectivity index (χ2n) is 4.92. The molecule has 1 amide bonds. The van der Waals surface area contributed by atoms with Gasteiger partial charge in [-0.05, 0) is 24.6 Å². The molecule has 7 heteroatoms. The molecule has 0 bridgehead atoms. The SMILES string of the molecule is NCCC1COCC(=O)N1Cc1ccccc1C(F)(F)F. The van der Waals surface area contributed by atoms with E-state index in [1.807, 2.05) is 0 Å². The van der Waals surface area contributed by atoms with E-state index in [1.165, 1.54) is 23.1 Å². The van der Waals surface area contributed by atoms with Crippen LogP contribution in [0.3, 0.4) is 0 Å². The monoisotopic (exact) mass is 302 g/mol. The molecule has 0 radical (unpaired) electrons. The number of carbonyl (C=O) groups excluding carboxylic acids is 1. The Morgan fingerprint density at radius 1 is 1.33 bits per heavy atom. The Balaban J connectivity index is 2.25. The van der Waals surface area contributed by atoms with Gasteiger partial charge in [-0.25, -0.2) is 0 Å². The molecule has 1 saturated heterocycles. The van der Waals surface area contributed by atoms with E-state index in [0.717, 1.165) is 6.07 Å². The summed E-state index contributed by atoms with van der Waals surface area (Å²) in [4.78, 5) is 13.4. The first-order chi connectivity index (χ1) is 9.93. The Labute approximate surface area is 120 Å². The standard InChI is InChI=1S/C14H17F3N2O2/c15-14(16,17)12-4-2-1-3-10(12)7-19-11(5-6-18)8-21-9-13(19)20/h1-4,11H,5-9,18H2. The zero-order valence-corrected chi connectivity index (χ0v) is 11.4. The highest BCUT2D eigenvalue weighted by atomic mass is 19.4. The van der Waals surface area contributed by atoms with E-state index in [0.29, 0.717) is 19.6 Å². The fourth-order valence-corrected chi connectivity index (χ4v) is 2.43. The molecule has 1 aromatic carbocycles. The van der Waals surface area contributed by atoms with Gasteiger partial charge in [-0.2, -0.15) is 13.2 Å². The van der Waals surface area contributed by atoms with Crippen LogP contribution >= 0.6 is 0 Å². The molecule has 2 rings (SSSR count). The molecule has 1 aromatic rings. The maximum atomic E-state index is 13.0. The van der Waals surface area contributed by atoms with Gasteiger partial charge in [-0.1, -0.05) is 18.2 Å². The van der Waals surface area contributed by atoms with Crippen molar-refractivity contribution in [2.24, 2.45) is 5.73 Å². The highest BCUT2D eigenvalue weighted by molar-refractivity contribution is 5.78. The Hall–Kier alpha value is -1.60. The molecule has 0 spiro atoms. The van der Waals surface area contributed by atoms with Crippen LogP contribution in [0.4, 0.5) is 13.2 Å². The average molecular weight is 302 g/mol. The van der Waals surface area contributed by atoms with Crippen molar-refractivity contribution < 1.29 is 22.7 Å². The summed E-state index contributed by atoms with van der Waals surface area (Å²) in [6.45, 7) is 0.466. The second-order valence-corrected chi connectivity index (χ2v) is 4.92. The number of benzene rings is 1. The van der Waals surface area contributed by atoms with E-state index in [1.54, 1.807) is 0 Å². The molecule has 0 saturated carbocycles. The largest absolute Gasteiger partial charge is 0.416 e. The lowest BCUT2D eigenvalue weighted by molar-refractivity contribution is -0.150. The van der Waals surface area contributed by atoms with Crippen molar-refractivity contribution in [1.82, 2.24) is 4.90 Å². The number of hydrogen-bond donors (Lipinski definition) is 1.